The number of hydrogen-bond acceptors (Lipinski definition) is 2. The molecule has 0 heterocycles. The van der Waals surface area contributed by atoms with Gasteiger partial charge in [0.05, 0.1) is 4.90 Å². The minimum Gasteiger partial charge on any atom is -0.282 e. The molecule has 84 valence electrons. The van der Waals surface area contributed by atoms with E-state index >= 15 is 0 Å². The minimum atomic E-state index is -4.14. The van der Waals surface area contributed by atoms with Crippen molar-refractivity contribution < 1.29 is 13.0 Å². The van der Waals surface area contributed by atoms with Crippen LogP contribution in [0.15, 0.2) is 35.2 Å². The highest BCUT2D eigenvalue weighted by Gasteiger charge is 2.14. The van der Waals surface area contributed by atoms with Gasteiger partial charge in [-0.3, -0.25) is 4.55 Å². The lowest BCUT2D eigenvalue weighted by Crippen LogP contribution is -2.01. The summed E-state index contributed by atoms with van der Waals surface area (Å²) >= 11 is 0. The molecule has 3 nitrogen and oxygen atoms in total. The lowest BCUT2D eigenvalue weighted by Gasteiger charge is -2.08. The second-order valence-corrected chi connectivity index (χ2v) is 5.22. The van der Waals surface area contributed by atoms with Gasteiger partial charge in [-0.25, -0.2) is 0 Å². The number of fused-ring (bicyclic) bond motifs is 1. The van der Waals surface area contributed by atoms with E-state index in [4.69, 9.17) is 4.55 Å². The van der Waals surface area contributed by atoms with Crippen LogP contribution in [-0.4, -0.2) is 13.0 Å². The van der Waals surface area contributed by atoms with Gasteiger partial charge in [0.15, 0.2) is 0 Å². The first-order valence-electron chi connectivity index (χ1n) is 4.87. The van der Waals surface area contributed by atoms with Gasteiger partial charge in [0.2, 0.25) is 0 Å². The Labute approximate surface area is 94.5 Å². The van der Waals surface area contributed by atoms with Crippen LogP contribution in [0.3, 0.4) is 0 Å². The van der Waals surface area contributed by atoms with E-state index in [9.17, 15) is 8.42 Å². The van der Waals surface area contributed by atoms with Crippen molar-refractivity contribution in [3.8, 4) is 0 Å². The van der Waals surface area contributed by atoms with Gasteiger partial charge in [-0.15, -0.1) is 0 Å². The molecule has 0 aliphatic heterocycles. The molecule has 0 atom stereocenters. The molecule has 0 radical (unpaired) electrons. The molecule has 0 bridgehead atoms. The number of rotatable bonds is 1. The van der Waals surface area contributed by atoms with Crippen LogP contribution in [0.5, 0.6) is 0 Å². The Morgan fingerprint density at radius 1 is 1.00 bits per heavy atom. The fraction of sp³-hybridized carbons (Fsp3) is 0.167. The number of aryl methyl sites for hydroxylation is 2. The van der Waals surface area contributed by atoms with E-state index in [-0.39, 0.29) is 4.90 Å². The highest BCUT2D eigenvalue weighted by molar-refractivity contribution is 7.85. The molecule has 0 fully saturated rings. The lowest BCUT2D eigenvalue weighted by atomic mass is 10.0. The summed E-state index contributed by atoms with van der Waals surface area (Å²) in [5.41, 5.74) is 1.67. The Morgan fingerprint density at radius 2 is 1.69 bits per heavy atom. The SMILES string of the molecule is Cc1cccc2c(C)c(S(=O)(=O)O)ccc12. The zero-order valence-corrected chi connectivity index (χ0v) is 9.88. The van der Waals surface area contributed by atoms with Crippen molar-refractivity contribution in [2.45, 2.75) is 18.7 Å². The first kappa shape index (κ1) is 11.1. The van der Waals surface area contributed by atoms with Crippen molar-refractivity contribution in [3.05, 3.63) is 41.5 Å². The van der Waals surface area contributed by atoms with E-state index in [0.29, 0.717) is 5.56 Å². The third kappa shape index (κ3) is 1.70. The first-order valence-corrected chi connectivity index (χ1v) is 6.31. The Morgan fingerprint density at radius 3 is 2.31 bits per heavy atom. The van der Waals surface area contributed by atoms with Crippen LogP contribution in [0.4, 0.5) is 0 Å². The summed E-state index contributed by atoms with van der Waals surface area (Å²) in [7, 11) is -4.14. The van der Waals surface area contributed by atoms with Gasteiger partial charge in [0.25, 0.3) is 10.1 Å². The second kappa shape index (κ2) is 3.57. The first-order chi connectivity index (χ1) is 7.41. The molecule has 0 saturated carbocycles. The quantitative estimate of drug-likeness (QED) is 0.774. The van der Waals surface area contributed by atoms with Gasteiger partial charge in [0, 0.05) is 0 Å². The van der Waals surface area contributed by atoms with Crippen molar-refractivity contribution in [2.75, 3.05) is 0 Å². The van der Waals surface area contributed by atoms with E-state index in [1.165, 1.54) is 6.07 Å². The molecule has 0 aliphatic rings. The smallest absolute Gasteiger partial charge is 0.282 e. The summed E-state index contributed by atoms with van der Waals surface area (Å²) in [6.07, 6.45) is 0. The van der Waals surface area contributed by atoms with Crippen molar-refractivity contribution in [2.24, 2.45) is 0 Å². The number of benzene rings is 2. The average Bonchev–Trinajstić information content (AvgIpc) is 2.18. The highest BCUT2D eigenvalue weighted by atomic mass is 32.2. The van der Waals surface area contributed by atoms with E-state index in [0.717, 1.165) is 16.3 Å². The maximum absolute atomic E-state index is 11.1. The Bertz CT molecular complexity index is 657. The largest absolute Gasteiger partial charge is 0.294 e. The molecular formula is C12H12O3S. The van der Waals surface area contributed by atoms with Crippen LogP contribution in [0.1, 0.15) is 11.1 Å². The molecule has 0 spiro atoms. The molecule has 2 rings (SSSR count). The highest BCUT2D eigenvalue weighted by Crippen LogP contribution is 2.26. The Balaban J connectivity index is 2.92. The van der Waals surface area contributed by atoms with Crippen LogP contribution in [0.2, 0.25) is 0 Å². The van der Waals surface area contributed by atoms with Crippen LogP contribution >= 0.6 is 0 Å². The lowest BCUT2D eigenvalue weighted by molar-refractivity contribution is 0.482. The normalized spacial score (nSPS) is 11.9. The fourth-order valence-corrected chi connectivity index (χ4v) is 2.66. The molecule has 0 amide bonds. The van der Waals surface area contributed by atoms with Crippen LogP contribution in [0, 0.1) is 13.8 Å². The predicted octanol–water partition coefficient (Wildman–Crippen LogP) is 2.70. The van der Waals surface area contributed by atoms with Gasteiger partial charge in [-0.1, -0.05) is 24.3 Å². The minimum absolute atomic E-state index is 0.0226. The van der Waals surface area contributed by atoms with Crippen LogP contribution in [-0.2, 0) is 10.1 Å². The van der Waals surface area contributed by atoms with Crippen molar-refractivity contribution in [3.63, 3.8) is 0 Å². The van der Waals surface area contributed by atoms with Crippen molar-refractivity contribution in [1.29, 1.82) is 0 Å². The standard InChI is InChI=1S/C12H12O3S/c1-8-4-3-5-11-9(2)12(16(13,14)15)7-6-10(8)11/h3-7H,1-2H3,(H,13,14,15). The predicted molar refractivity (Wildman–Crippen MR) is 63.2 cm³/mol. The molecule has 0 saturated heterocycles. The van der Waals surface area contributed by atoms with E-state index in [1.54, 1.807) is 13.0 Å². The van der Waals surface area contributed by atoms with E-state index < -0.39 is 10.1 Å². The van der Waals surface area contributed by atoms with E-state index in [1.807, 2.05) is 25.1 Å². The molecule has 16 heavy (non-hydrogen) atoms. The molecular weight excluding hydrogens is 224 g/mol. The van der Waals surface area contributed by atoms with Crippen molar-refractivity contribution >= 4 is 20.9 Å². The van der Waals surface area contributed by atoms with Crippen molar-refractivity contribution in [1.82, 2.24) is 0 Å². The summed E-state index contributed by atoms with van der Waals surface area (Å²) in [4.78, 5) is -0.0226. The third-order valence-corrected chi connectivity index (χ3v) is 3.78. The Kier molecular flexibility index (Phi) is 2.48. The molecule has 0 aromatic heterocycles. The molecule has 0 unspecified atom stereocenters. The van der Waals surface area contributed by atoms with Gasteiger partial charge in [-0.05, 0) is 41.8 Å². The number of hydrogen-bond donors (Lipinski definition) is 1. The van der Waals surface area contributed by atoms with Gasteiger partial charge < -0.3 is 0 Å². The Hall–Kier alpha value is -1.39. The molecule has 4 heteroatoms. The summed E-state index contributed by atoms with van der Waals surface area (Å²) in [5, 5.41) is 1.86. The molecule has 1 N–H and O–H groups in total. The third-order valence-electron chi connectivity index (χ3n) is 2.78. The maximum Gasteiger partial charge on any atom is 0.294 e. The second-order valence-electron chi connectivity index (χ2n) is 3.83. The van der Waals surface area contributed by atoms with Gasteiger partial charge in [-0.2, -0.15) is 8.42 Å². The van der Waals surface area contributed by atoms with E-state index in [2.05, 4.69) is 0 Å². The topological polar surface area (TPSA) is 54.4 Å². The zero-order valence-electron chi connectivity index (χ0n) is 9.06. The zero-order chi connectivity index (χ0) is 11.9. The summed E-state index contributed by atoms with van der Waals surface area (Å²) < 4.78 is 31.3. The maximum atomic E-state index is 11.1. The summed E-state index contributed by atoms with van der Waals surface area (Å²) in [6.45, 7) is 3.67. The fourth-order valence-electron chi connectivity index (χ4n) is 1.93. The van der Waals surface area contributed by atoms with Crippen LogP contribution < -0.4 is 0 Å². The molecule has 0 aliphatic carbocycles. The molecule has 2 aromatic carbocycles. The monoisotopic (exact) mass is 236 g/mol. The van der Waals surface area contributed by atoms with Crippen LogP contribution in [0.25, 0.3) is 10.8 Å². The van der Waals surface area contributed by atoms with Gasteiger partial charge >= 0.3 is 0 Å². The summed E-state index contributed by atoms with van der Waals surface area (Å²) in [5.74, 6) is 0. The summed E-state index contributed by atoms with van der Waals surface area (Å²) in [6, 6.07) is 8.86. The van der Waals surface area contributed by atoms with Gasteiger partial charge in [0.1, 0.15) is 0 Å². The average molecular weight is 236 g/mol. The molecule has 2 aromatic rings.